The second-order valence-corrected chi connectivity index (χ2v) is 5.90. The number of hydrogen-bond acceptors (Lipinski definition) is 6. The monoisotopic (exact) mass is 383 g/mol. The van der Waals surface area contributed by atoms with Crippen LogP contribution in [0, 0.1) is 0 Å². The van der Waals surface area contributed by atoms with Gasteiger partial charge in [-0.05, 0) is 43.2 Å². The molecule has 0 saturated heterocycles. The Morgan fingerprint density at radius 3 is 2.79 bits per heavy atom. The summed E-state index contributed by atoms with van der Waals surface area (Å²) >= 11 is 0. The van der Waals surface area contributed by atoms with E-state index < -0.39 is 5.91 Å². The Labute approximate surface area is 164 Å². The van der Waals surface area contributed by atoms with Gasteiger partial charge in [-0.15, -0.1) is 0 Å². The van der Waals surface area contributed by atoms with Crippen molar-refractivity contribution in [3.8, 4) is 5.75 Å². The molecular weight excluding hydrogens is 358 g/mol. The molecule has 0 aliphatic heterocycles. The number of nitrogens with zero attached hydrogens (tertiary/aromatic N) is 1. The molecule has 7 heteroatoms. The number of amides is 1. The number of likely N-dealkylation sites (N-methyl/N-ethyl adjacent to an activating group) is 1. The van der Waals surface area contributed by atoms with Crippen molar-refractivity contribution in [2.75, 3.05) is 13.7 Å². The standard InChI is InChI=1S/C21H25N3O4/c1-4-7-20-18(23-14-28-20)12-16(13-25)24-21(26)19(22-3)11-15-8-6-9-17(10-15)27-5-2/h6,8-14,22H,4-5,7H2,1-3H3,(H,24,26)/b16-12-,19-11-. The fraction of sp³-hybridized carbons (Fsp3) is 0.286. The van der Waals surface area contributed by atoms with Gasteiger partial charge in [0.25, 0.3) is 5.91 Å². The average Bonchev–Trinajstić information content (AvgIpc) is 3.13. The largest absolute Gasteiger partial charge is 0.494 e. The van der Waals surface area contributed by atoms with E-state index in [-0.39, 0.29) is 5.70 Å². The van der Waals surface area contributed by atoms with E-state index in [1.807, 2.05) is 38.1 Å². The molecule has 0 bridgehead atoms. The van der Waals surface area contributed by atoms with Crippen LogP contribution in [0.4, 0.5) is 0 Å². The molecule has 0 spiro atoms. The summed E-state index contributed by atoms with van der Waals surface area (Å²) in [5.41, 5.74) is 1.73. The normalized spacial score (nSPS) is 11.8. The number of rotatable bonds is 10. The minimum absolute atomic E-state index is 0.0977. The molecule has 0 saturated carbocycles. The first-order valence-corrected chi connectivity index (χ1v) is 9.14. The average molecular weight is 383 g/mol. The minimum Gasteiger partial charge on any atom is -0.494 e. The molecule has 0 aliphatic rings. The number of aldehydes is 1. The molecule has 2 rings (SSSR count). The summed E-state index contributed by atoms with van der Waals surface area (Å²) in [6, 6.07) is 7.38. The topological polar surface area (TPSA) is 93.5 Å². The summed E-state index contributed by atoms with van der Waals surface area (Å²) in [4.78, 5) is 28.1. The van der Waals surface area contributed by atoms with E-state index in [4.69, 9.17) is 9.15 Å². The van der Waals surface area contributed by atoms with E-state index in [1.165, 1.54) is 12.5 Å². The highest BCUT2D eigenvalue weighted by molar-refractivity contribution is 6.01. The van der Waals surface area contributed by atoms with Gasteiger partial charge in [-0.3, -0.25) is 9.59 Å². The predicted octanol–water partition coefficient (Wildman–Crippen LogP) is 2.94. The highest BCUT2D eigenvalue weighted by Gasteiger charge is 2.12. The van der Waals surface area contributed by atoms with Crippen molar-refractivity contribution in [3.63, 3.8) is 0 Å². The van der Waals surface area contributed by atoms with Crippen LogP contribution in [-0.2, 0) is 16.0 Å². The Hall–Kier alpha value is -3.35. The third kappa shape index (κ3) is 5.84. The summed E-state index contributed by atoms with van der Waals surface area (Å²) in [6.45, 7) is 4.48. The van der Waals surface area contributed by atoms with Gasteiger partial charge < -0.3 is 19.8 Å². The third-order valence-electron chi connectivity index (χ3n) is 3.82. The number of ether oxygens (including phenoxy) is 1. The van der Waals surface area contributed by atoms with Gasteiger partial charge in [0.15, 0.2) is 12.7 Å². The number of aromatic nitrogens is 1. The van der Waals surface area contributed by atoms with Gasteiger partial charge >= 0.3 is 0 Å². The van der Waals surface area contributed by atoms with Crippen LogP contribution in [0.15, 0.2) is 46.5 Å². The highest BCUT2D eigenvalue weighted by atomic mass is 16.5. The predicted molar refractivity (Wildman–Crippen MR) is 107 cm³/mol. The zero-order valence-corrected chi connectivity index (χ0v) is 16.3. The van der Waals surface area contributed by atoms with Crippen molar-refractivity contribution >= 4 is 24.3 Å². The molecule has 0 fully saturated rings. The van der Waals surface area contributed by atoms with E-state index in [0.717, 1.165) is 17.7 Å². The van der Waals surface area contributed by atoms with Crippen LogP contribution in [-0.4, -0.2) is 30.8 Å². The summed E-state index contributed by atoms with van der Waals surface area (Å²) < 4.78 is 10.8. The lowest BCUT2D eigenvalue weighted by Crippen LogP contribution is -2.30. The maximum absolute atomic E-state index is 12.6. The molecule has 148 valence electrons. The number of hydrogen-bond donors (Lipinski definition) is 2. The SMILES string of the molecule is CCCc1ocnc1/C=C(/C=O)NC(=O)/C(=C/c1cccc(OCC)c1)NC. The lowest BCUT2D eigenvalue weighted by Gasteiger charge is -2.09. The summed E-state index contributed by atoms with van der Waals surface area (Å²) in [5, 5.41) is 5.45. The second kappa shape index (κ2) is 10.7. The van der Waals surface area contributed by atoms with E-state index in [2.05, 4.69) is 15.6 Å². The highest BCUT2D eigenvalue weighted by Crippen LogP contribution is 2.16. The van der Waals surface area contributed by atoms with Gasteiger partial charge in [0.2, 0.25) is 0 Å². The van der Waals surface area contributed by atoms with Crippen LogP contribution in [0.1, 0.15) is 37.3 Å². The number of carbonyl (C=O) groups is 2. The van der Waals surface area contributed by atoms with Crippen molar-refractivity contribution in [2.45, 2.75) is 26.7 Å². The van der Waals surface area contributed by atoms with Crippen molar-refractivity contribution < 1.29 is 18.7 Å². The summed E-state index contributed by atoms with van der Waals surface area (Å²) in [5.74, 6) is 0.950. The summed E-state index contributed by atoms with van der Waals surface area (Å²) in [7, 11) is 1.64. The molecule has 7 nitrogen and oxygen atoms in total. The Bertz CT molecular complexity index is 868. The molecule has 1 aromatic carbocycles. The first-order chi connectivity index (χ1) is 13.6. The van der Waals surface area contributed by atoms with Crippen LogP contribution >= 0.6 is 0 Å². The molecule has 0 atom stereocenters. The minimum atomic E-state index is -0.441. The molecule has 0 unspecified atom stereocenters. The maximum Gasteiger partial charge on any atom is 0.271 e. The summed E-state index contributed by atoms with van der Waals surface area (Å²) in [6.07, 6.45) is 6.66. The van der Waals surface area contributed by atoms with Crippen LogP contribution in [0.5, 0.6) is 5.75 Å². The Morgan fingerprint density at radius 2 is 2.11 bits per heavy atom. The Kier molecular flexibility index (Phi) is 8.02. The maximum atomic E-state index is 12.6. The van der Waals surface area contributed by atoms with E-state index >= 15 is 0 Å². The molecular formula is C21H25N3O4. The van der Waals surface area contributed by atoms with Crippen LogP contribution in [0.25, 0.3) is 12.2 Å². The Balaban J connectivity index is 2.19. The van der Waals surface area contributed by atoms with Gasteiger partial charge in [-0.1, -0.05) is 19.1 Å². The first kappa shape index (κ1) is 21.0. The number of carbonyl (C=O) groups excluding carboxylic acids is 2. The van der Waals surface area contributed by atoms with Gasteiger partial charge in [-0.2, -0.15) is 0 Å². The van der Waals surface area contributed by atoms with Gasteiger partial charge in [-0.25, -0.2) is 4.98 Å². The second-order valence-electron chi connectivity index (χ2n) is 5.90. The number of aryl methyl sites for hydroxylation is 1. The molecule has 1 heterocycles. The lowest BCUT2D eigenvalue weighted by atomic mass is 10.1. The number of allylic oxidation sites excluding steroid dienone is 1. The molecule has 2 aromatic rings. The molecule has 1 amide bonds. The van der Waals surface area contributed by atoms with Crippen molar-refractivity contribution in [3.05, 3.63) is 59.1 Å². The van der Waals surface area contributed by atoms with Gasteiger partial charge in [0.1, 0.15) is 22.9 Å². The van der Waals surface area contributed by atoms with E-state index in [1.54, 1.807) is 13.1 Å². The van der Waals surface area contributed by atoms with Crippen molar-refractivity contribution in [1.82, 2.24) is 15.6 Å². The zero-order chi connectivity index (χ0) is 20.4. The van der Waals surface area contributed by atoms with Gasteiger partial charge in [0, 0.05) is 13.5 Å². The van der Waals surface area contributed by atoms with E-state index in [0.29, 0.717) is 36.5 Å². The van der Waals surface area contributed by atoms with Crippen molar-refractivity contribution in [2.24, 2.45) is 0 Å². The molecule has 28 heavy (non-hydrogen) atoms. The Morgan fingerprint density at radius 1 is 1.29 bits per heavy atom. The fourth-order valence-electron chi connectivity index (χ4n) is 2.53. The molecule has 0 radical (unpaired) electrons. The lowest BCUT2D eigenvalue weighted by molar-refractivity contribution is -0.118. The first-order valence-electron chi connectivity index (χ1n) is 9.14. The number of benzene rings is 1. The number of nitrogens with one attached hydrogen (secondary N) is 2. The third-order valence-corrected chi connectivity index (χ3v) is 3.82. The molecule has 0 aliphatic carbocycles. The molecule has 2 N–H and O–H groups in total. The van der Waals surface area contributed by atoms with Crippen LogP contribution in [0.3, 0.4) is 0 Å². The van der Waals surface area contributed by atoms with Gasteiger partial charge in [0.05, 0.1) is 12.3 Å². The number of oxazole rings is 1. The van der Waals surface area contributed by atoms with Crippen LogP contribution in [0.2, 0.25) is 0 Å². The van der Waals surface area contributed by atoms with Crippen molar-refractivity contribution in [1.29, 1.82) is 0 Å². The zero-order valence-electron chi connectivity index (χ0n) is 16.3. The van der Waals surface area contributed by atoms with E-state index in [9.17, 15) is 9.59 Å². The smallest absolute Gasteiger partial charge is 0.271 e. The fourth-order valence-corrected chi connectivity index (χ4v) is 2.53. The van der Waals surface area contributed by atoms with Crippen LogP contribution < -0.4 is 15.4 Å². The quantitative estimate of drug-likeness (QED) is 0.484. The molecule has 1 aromatic heterocycles.